The molecule has 0 unspecified atom stereocenters. The average molecular weight is 351 g/mol. The quantitative estimate of drug-likeness (QED) is 0.910. The molecule has 1 aromatic heterocycles. The molecule has 23 heavy (non-hydrogen) atoms. The van der Waals surface area contributed by atoms with Crippen LogP contribution in [0.15, 0.2) is 24.3 Å². The Morgan fingerprint density at radius 1 is 1.22 bits per heavy atom. The highest BCUT2D eigenvalue weighted by molar-refractivity contribution is 6.44. The lowest BCUT2D eigenvalue weighted by molar-refractivity contribution is 0.102. The molecule has 5 nitrogen and oxygen atoms in total. The molecule has 0 bridgehead atoms. The molecule has 1 aliphatic heterocycles. The molecule has 7 heteroatoms. The third-order valence-electron chi connectivity index (χ3n) is 3.69. The van der Waals surface area contributed by atoms with Crippen LogP contribution in [0.25, 0.3) is 0 Å². The van der Waals surface area contributed by atoms with Gasteiger partial charge in [-0.15, -0.1) is 0 Å². The van der Waals surface area contributed by atoms with Gasteiger partial charge in [0.25, 0.3) is 5.91 Å². The highest BCUT2D eigenvalue weighted by Crippen LogP contribution is 2.30. The Balaban J connectivity index is 1.85. The van der Waals surface area contributed by atoms with Crippen LogP contribution in [0.4, 0.5) is 11.5 Å². The molecule has 3 rings (SSSR count). The minimum absolute atomic E-state index is 0.313. The molecular formula is C16H16Cl2N4O. The van der Waals surface area contributed by atoms with Crippen LogP contribution in [0.2, 0.25) is 10.0 Å². The van der Waals surface area contributed by atoms with Gasteiger partial charge in [-0.2, -0.15) is 0 Å². The number of aryl methyl sites for hydroxylation is 1. The monoisotopic (exact) mass is 350 g/mol. The topological polar surface area (TPSA) is 58.1 Å². The number of aromatic nitrogens is 2. The molecule has 1 saturated heterocycles. The van der Waals surface area contributed by atoms with Crippen LogP contribution < -0.4 is 10.2 Å². The zero-order chi connectivity index (χ0) is 16.4. The Hall–Kier alpha value is -1.85. The molecule has 1 amide bonds. The molecule has 0 atom stereocenters. The summed E-state index contributed by atoms with van der Waals surface area (Å²) in [4.78, 5) is 23.3. The molecule has 120 valence electrons. The van der Waals surface area contributed by atoms with Gasteiger partial charge in [0.1, 0.15) is 17.3 Å². The van der Waals surface area contributed by atoms with E-state index < -0.39 is 0 Å². The van der Waals surface area contributed by atoms with E-state index in [2.05, 4.69) is 20.2 Å². The van der Waals surface area contributed by atoms with E-state index in [0.717, 1.165) is 31.7 Å². The van der Waals surface area contributed by atoms with Crippen molar-refractivity contribution in [2.45, 2.75) is 19.8 Å². The zero-order valence-corrected chi connectivity index (χ0v) is 14.2. The van der Waals surface area contributed by atoms with Crippen molar-refractivity contribution >= 4 is 40.6 Å². The Bertz CT molecular complexity index is 745. The van der Waals surface area contributed by atoms with Crippen LogP contribution in [0.3, 0.4) is 0 Å². The first-order valence-electron chi connectivity index (χ1n) is 7.40. The largest absolute Gasteiger partial charge is 0.356 e. The molecule has 0 saturated carbocycles. The van der Waals surface area contributed by atoms with Gasteiger partial charge in [-0.3, -0.25) is 4.79 Å². The second-order valence-corrected chi connectivity index (χ2v) is 6.19. The van der Waals surface area contributed by atoms with Crippen molar-refractivity contribution in [3.63, 3.8) is 0 Å². The summed E-state index contributed by atoms with van der Waals surface area (Å²) in [6.45, 7) is 3.69. The van der Waals surface area contributed by atoms with Crippen LogP contribution in [0, 0.1) is 6.92 Å². The van der Waals surface area contributed by atoms with Crippen LogP contribution >= 0.6 is 23.2 Å². The van der Waals surface area contributed by atoms with E-state index in [4.69, 9.17) is 23.2 Å². The highest BCUT2D eigenvalue weighted by Gasteiger charge is 2.18. The summed E-state index contributed by atoms with van der Waals surface area (Å²) in [5.74, 6) is 1.02. The number of benzene rings is 1. The average Bonchev–Trinajstić information content (AvgIpc) is 3.05. The van der Waals surface area contributed by atoms with Gasteiger partial charge in [-0.25, -0.2) is 9.97 Å². The summed E-state index contributed by atoms with van der Waals surface area (Å²) in [6, 6.07) is 6.80. The maximum Gasteiger partial charge on any atom is 0.274 e. The fourth-order valence-electron chi connectivity index (χ4n) is 2.56. The minimum Gasteiger partial charge on any atom is -0.356 e. The van der Waals surface area contributed by atoms with E-state index in [1.54, 1.807) is 31.2 Å². The number of carbonyl (C=O) groups excluding carboxylic acids is 1. The highest BCUT2D eigenvalue weighted by atomic mass is 35.5. The number of amides is 1. The minimum atomic E-state index is -0.333. The third kappa shape index (κ3) is 3.57. The van der Waals surface area contributed by atoms with E-state index in [1.807, 2.05) is 0 Å². The van der Waals surface area contributed by atoms with Crippen LogP contribution in [-0.4, -0.2) is 29.0 Å². The van der Waals surface area contributed by atoms with Gasteiger partial charge in [0.05, 0.1) is 15.7 Å². The van der Waals surface area contributed by atoms with E-state index in [-0.39, 0.29) is 5.91 Å². The van der Waals surface area contributed by atoms with Crippen molar-refractivity contribution < 1.29 is 4.79 Å². The van der Waals surface area contributed by atoms with Gasteiger partial charge >= 0.3 is 0 Å². The Labute approximate surface area is 144 Å². The molecular weight excluding hydrogens is 335 g/mol. The fourth-order valence-corrected chi connectivity index (χ4v) is 2.91. The van der Waals surface area contributed by atoms with Crippen molar-refractivity contribution in [2.24, 2.45) is 0 Å². The Morgan fingerprint density at radius 2 is 1.96 bits per heavy atom. The number of nitrogens with one attached hydrogen (secondary N) is 1. The summed E-state index contributed by atoms with van der Waals surface area (Å²) >= 11 is 12.1. The van der Waals surface area contributed by atoms with Crippen molar-refractivity contribution in [1.82, 2.24) is 9.97 Å². The number of hydrogen-bond acceptors (Lipinski definition) is 4. The third-order valence-corrected chi connectivity index (χ3v) is 4.51. The van der Waals surface area contributed by atoms with Crippen molar-refractivity contribution in [1.29, 1.82) is 0 Å². The summed E-state index contributed by atoms with van der Waals surface area (Å²) in [5, 5.41) is 3.45. The van der Waals surface area contributed by atoms with Gasteiger partial charge in [-0.1, -0.05) is 29.3 Å². The second-order valence-electron chi connectivity index (χ2n) is 5.41. The fraction of sp³-hybridized carbons (Fsp3) is 0.312. The normalized spacial score (nSPS) is 14.1. The number of halogens is 2. The lowest BCUT2D eigenvalue weighted by atomic mass is 10.3. The van der Waals surface area contributed by atoms with E-state index in [1.165, 1.54) is 0 Å². The lowest BCUT2D eigenvalue weighted by Crippen LogP contribution is -2.22. The first kappa shape index (κ1) is 16.0. The summed E-state index contributed by atoms with van der Waals surface area (Å²) in [7, 11) is 0. The Kier molecular flexibility index (Phi) is 4.68. The SMILES string of the molecule is Cc1nc(C(=O)Nc2cccc(Cl)c2Cl)cc(N2CCCC2)n1. The van der Waals surface area contributed by atoms with E-state index in [9.17, 15) is 4.79 Å². The molecule has 1 fully saturated rings. The summed E-state index contributed by atoms with van der Waals surface area (Å²) in [6.07, 6.45) is 2.28. The second kappa shape index (κ2) is 6.72. The zero-order valence-electron chi connectivity index (χ0n) is 12.6. The van der Waals surface area contributed by atoms with Gasteiger partial charge in [0.2, 0.25) is 0 Å². The standard InChI is InChI=1S/C16H16Cl2N4O/c1-10-19-13(9-14(20-10)22-7-2-3-8-22)16(23)21-12-6-4-5-11(17)15(12)18/h4-6,9H,2-3,7-8H2,1H3,(H,21,23). The summed E-state index contributed by atoms with van der Waals surface area (Å²) < 4.78 is 0. The maximum absolute atomic E-state index is 12.5. The number of carbonyl (C=O) groups is 1. The molecule has 0 spiro atoms. The van der Waals surface area contributed by atoms with E-state index >= 15 is 0 Å². The van der Waals surface area contributed by atoms with Crippen molar-refractivity contribution in [3.05, 3.63) is 45.8 Å². The predicted molar refractivity (Wildman–Crippen MR) is 92.6 cm³/mol. The molecule has 1 aliphatic rings. The smallest absolute Gasteiger partial charge is 0.274 e. The number of anilines is 2. The first-order chi connectivity index (χ1) is 11.0. The Morgan fingerprint density at radius 3 is 2.70 bits per heavy atom. The molecule has 0 aliphatic carbocycles. The molecule has 0 radical (unpaired) electrons. The molecule has 1 N–H and O–H groups in total. The predicted octanol–water partition coefficient (Wildman–Crippen LogP) is 3.94. The van der Waals surface area contributed by atoms with Crippen molar-refractivity contribution in [3.8, 4) is 0 Å². The van der Waals surface area contributed by atoms with Crippen LogP contribution in [0.5, 0.6) is 0 Å². The van der Waals surface area contributed by atoms with E-state index in [0.29, 0.717) is 27.3 Å². The molecule has 2 heterocycles. The molecule has 2 aromatic rings. The summed E-state index contributed by atoms with van der Waals surface area (Å²) in [5.41, 5.74) is 0.776. The molecule has 1 aromatic carbocycles. The van der Waals surface area contributed by atoms with Gasteiger partial charge in [-0.05, 0) is 31.9 Å². The van der Waals surface area contributed by atoms with Crippen LogP contribution in [-0.2, 0) is 0 Å². The van der Waals surface area contributed by atoms with Gasteiger partial charge < -0.3 is 10.2 Å². The van der Waals surface area contributed by atoms with Gasteiger partial charge in [0, 0.05) is 19.2 Å². The number of hydrogen-bond donors (Lipinski definition) is 1. The maximum atomic E-state index is 12.5. The number of nitrogens with zero attached hydrogens (tertiary/aromatic N) is 3. The van der Waals surface area contributed by atoms with Gasteiger partial charge in [0.15, 0.2) is 0 Å². The lowest BCUT2D eigenvalue weighted by Gasteiger charge is -2.17. The number of rotatable bonds is 3. The first-order valence-corrected chi connectivity index (χ1v) is 8.16. The van der Waals surface area contributed by atoms with Crippen molar-refractivity contribution in [2.75, 3.05) is 23.3 Å². The van der Waals surface area contributed by atoms with Crippen LogP contribution in [0.1, 0.15) is 29.2 Å².